The van der Waals surface area contributed by atoms with Gasteiger partial charge in [-0.05, 0) is 0 Å². The van der Waals surface area contributed by atoms with E-state index in [1.54, 1.807) is 12.6 Å². The first-order valence-electron chi connectivity index (χ1n) is 5.14. The number of aliphatic imine (C=N–C) groups is 2. The molecule has 0 aromatic rings. The number of halogens is 2. The van der Waals surface area contributed by atoms with E-state index in [-0.39, 0.29) is 0 Å². The quantitative estimate of drug-likeness (QED) is 0.573. The molecule has 6 heteroatoms. The zero-order valence-electron chi connectivity index (χ0n) is 9.64. The second-order valence-corrected chi connectivity index (χ2v) is 12.4. The molecule has 0 aromatic carbocycles. The van der Waals surface area contributed by atoms with Crippen LogP contribution in [-0.2, 0) is 15.2 Å². The zero-order chi connectivity index (χ0) is 12.2. The maximum atomic E-state index is 5.97. The third-order valence-electron chi connectivity index (χ3n) is 1.83. The van der Waals surface area contributed by atoms with Gasteiger partial charge in [0, 0.05) is 6.21 Å². The first kappa shape index (κ1) is 17.0. The Labute approximate surface area is 117 Å². The van der Waals surface area contributed by atoms with Crippen LogP contribution in [-0.4, -0.2) is 31.1 Å². The Bertz CT molecular complexity index is 203. The topological polar surface area (TPSA) is 24.7 Å². The zero-order valence-corrected chi connectivity index (χ0v) is 14.2. The summed E-state index contributed by atoms with van der Waals surface area (Å²) in [5.41, 5.74) is 0. The van der Waals surface area contributed by atoms with E-state index >= 15 is 0 Å². The Morgan fingerprint density at radius 1 is 1.50 bits per heavy atom. The van der Waals surface area contributed by atoms with Gasteiger partial charge in [-0.25, -0.2) is 4.99 Å². The van der Waals surface area contributed by atoms with Crippen molar-refractivity contribution in [1.82, 2.24) is 0 Å². The van der Waals surface area contributed by atoms with E-state index in [1.807, 2.05) is 11.8 Å². The Kier molecular flexibility index (Phi) is 13.2. The molecule has 0 aromatic heterocycles. The molecule has 0 amide bonds. The van der Waals surface area contributed by atoms with E-state index in [2.05, 4.69) is 23.2 Å². The van der Waals surface area contributed by atoms with Gasteiger partial charge in [-0.15, -0.1) is 0 Å². The number of rotatable bonds is 6. The molecule has 0 radical (unpaired) electrons. The van der Waals surface area contributed by atoms with Crippen molar-refractivity contribution in [2.45, 2.75) is 30.5 Å². The third-order valence-corrected chi connectivity index (χ3v) is 8.89. The van der Waals surface area contributed by atoms with Crippen LogP contribution in [0.4, 0.5) is 0 Å². The van der Waals surface area contributed by atoms with Crippen LogP contribution in [0.25, 0.3) is 0 Å². The van der Waals surface area contributed by atoms with E-state index in [9.17, 15) is 0 Å². The molecule has 16 heavy (non-hydrogen) atoms. The molecule has 0 aliphatic carbocycles. The van der Waals surface area contributed by atoms with Crippen LogP contribution in [0.15, 0.2) is 9.98 Å². The molecule has 1 aliphatic rings. The molecule has 0 spiro atoms. The summed E-state index contributed by atoms with van der Waals surface area (Å²) in [5.74, 6) is 1.15. The number of thioether (sulfide) groups is 1. The van der Waals surface area contributed by atoms with Gasteiger partial charge in [0.2, 0.25) is 0 Å². The minimum absolute atomic E-state index is 0.637. The Hall–Kier alpha value is 0.958. The summed E-state index contributed by atoms with van der Waals surface area (Å²) >= 11 is 0.285. The second-order valence-electron chi connectivity index (χ2n) is 3.14. The first-order valence-corrected chi connectivity index (χ1v) is 13.5. The number of hydrogen-bond acceptors (Lipinski definition) is 3. The van der Waals surface area contributed by atoms with Crippen molar-refractivity contribution in [3.63, 3.8) is 0 Å². The molecule has 2 nitrogen and oxygen atoms in total. The van der Waals surface area contributed by atoms with Gasteiger partial charge < -0.3 is 0 Å². The van der Waals surface area contributed by atoms with Gasteiger partial charge in [0.25, 0.3) is 0 Å². The van der Waals surface area contributed by atoms with Gasteiger partial charge in [-0.2, -0.15) is 0 Å². The van der Waals surface area contributed by atoms with Crippen LogP contribution in [0.3, 0.4) is 0 Å². The molecule has 0 bridgehead atoms. The number of unbranched alkanes of at least 4 members (excludes halogenated alkanes) is 1. The molecule has 1 rings (SSSR count). The summed E-state index contributed by atoms with van der Waals surface area (Å²) in [7, 11) is 11.9. The van der Waals surface area contributed by atoms with Crippen LogP contribution >= 0.6 is 30.6 Å². The van der Waals surface area contributed by atoms with Crippen LogP contribution in [0.5, 0.6) is 0 Å². The summed E-state index contributed by atoms with van der Waals surface area (Å²) in [4.78, 5) is 7.40. The van der Waals surface area contributed by atoms with Crippen LogP contribution in [0.2, 0.25) is 4.31 Å². The summed E-state index contributed by atoms with van der Waals surface area (Å²) in [6, 6.07) is 0. The average molecular weight is 465 g/mol. The van der Waals surface area contributed by atoms with E-state index < -0.39 is 15.2 Å². The predicted octanol–water partition coefficient (Wildman–Crippen LogP) is 4.35. The molecule has 1 heterocycles. The molecular formula is C10H19Cl2N2PtS. The normalized spacial score (nSPS) is 15.6. The Morgan fingerprint density at radius 2 is 2.25 bits per heavy atom. The summed E-state index contributed by atoms with van der Waals surface area (Å²) < 4.78 is 0.637. The van der Waals surface area contributed by atoms with Gasteiger partial charge in [0.05, 0.1) is 6.54 Å². The van der Waals surface area contributed by atoms with Crippen molar-refractivity contribution < 1.29 is 15.2 Å². The van der Waals surface area contributed by atoms with E-state index in [4.69, 9.17) is 18.8 Å². The third kappa shape index (κ3) is 10.1. The average Bonchev–Trinajstić information content (AvgIpc) is 2.82. The van der Waals surface area contributed by atoms with Crippen molar-refractivity contribution >= 4 is 43.2 Å². The van der Waals surface area contributed by atoms with Crippen molar-refractivity contribution in [1.29, 1.82) is 0 Å². The molecule has 0 saturated carbocycles. The van der Waals surface area contributed by atoms with Crippen molar-refractivity contribution in [2.24, 2.45) is 9.98 Å². The van der Waals surface area contributed by atoms with Crippen LogP contribution < -0.4 is 0 Å². The second kappa shape index (κ2) is 12.4. The SMILES string of the molecule is C1=NC=NC1.CCCC[CH](CSC)[Pt]([Cl])[Cl]. The van der Waals surface area contributed by atoms with Crippen molar-refractivity contribution in [3.8, 4) is 0 Å². The predicted molar refractivity (Wildman–Crippen MR) is 75.2 cm³/mol. The fourth-order valence-corrected chi connectivity index (χ4v) is 7.64. The summed E-state index contributed by atoms with van der Waals surface area (Å²) in [6.07, 6.45) is 9.20. The van der Waals surface area contributed by atoms with Gasteiger partial charge in [-0.3, -0.25) is 4.99 Å². The fraction of sp³-hybridized carbons (Fsp3) is 0.800. The molecule has 1 unspecified atom stereocenters. The molecule has 0 fully saturated rings. The molecule has 0 saturated heterocycles. The standard InChI is InChI=1S/C7H15S.C3H4N2.2ClH.Pt/c1-3-4-5-6-7-8-2;1-2-5-3-4-1;;;/h6H,3-5,7H2,1-2H3;1,3H,2H2;2*1H;/q;;;;+2/p-2. The molecule has 1 atom stereocenters. The van der Waals surface area contributed by atoms with Crippen molar-refractivity contribution in [2.75, 3.05) is 18.6 Å². The van der Waals surface area contributed by atoms with E-state index in [1.165, 1.54) is 19.3 Å². The molecule has 1 aliphatic heterocycles. The Morgan fingerprint density at radius 3 is 2.56 bits per heavy atom. The molecular weight excluding hydrogens is 446 g/mol. The van der Waals surface area contributed by atoms with Gasteiger partial charge in [0.1, 0.15) is 6.34 Å². The van der Waals surface area contributed by atoms with Gasteiger partial charge in [-0.1, -0.05) is 0 Å². The molecule has 0 N–H and O–H groups in total. The van der Waals surface area contributed by atoms with E-state index in [0.29, 0.717) is 4.31 Å². The van der Waals surface area contributed by atoms with Gasteiger partial charge >= 0.3 is 88.3 Å². The van der Waals surface area contributed by atoms with Crippen LogP contribution in [0, 0.1) is 0 Å². The minimum atomic E-state index is -1.57. The van der Waals surface area contributed by atoms with Crippen molar-refractivity contribution in [3.05, 3.63) is 0 Å². The summed E-state index contributed by atoms with van der Waals surface area (Å²) in [5, 5.41) is 0. The monoisotopic (exact) mass is 464 g/mol. The number of hydrogen-bond donors (Lipinski definition) is 0. The number of nitrogens with zero attached hydrogens (tertiary/aromatic N) is 2. The van der Waals surface area contributed by atoms with Gasteiger partial charge in [0.15, 0.2) is 0 Å². The molecule has 99 valence electrons. The maximum absolute atomic E-state index is 5.97. The van der Waals surface area contributed by atoms with E-state index in [0.717, 1.165) is 12.3 Å². The van der Waals surface area contributed by atoms with Crippen LogP contribution in [0.1, 0.15) is 26.2 Å². The fourth-order valence-electron chi connectivity index (χ4n) is 1.01. The summed E-state index contributed by atoms with van der Waals surface area (Å²) in [6.45, 7) is 2.98. The Balaban J connectivity index is 0.000000368. The first-order chi connectivity index (χ1) is 7.72.